The van der Waals surface area contributed by atoms with Crippen LogP contribution in [0.5, 0.6) is 0 Å². The lowest BCUT2D eigenvalue weighted by atomic mass is 9.74. The van der Waals surface area contributed by atoms with Crippen molar-refractivity contribution in [1.82, 2.24) is 4.90 Å². The first kappa shape index (κ1) is 21.9. The van der Waals surface area contributed by atoms with Crippen LogP contribution in [0.1, 0.15) is 51.0 Å². The summed E-state index contributed by atoms with van der Waals surface area (Å²) in [5.41, 5.74) is -0.661. The van der Waals surface area contributed by atoms with Crippen LogP contribution in [0.3, 0.4) is 0 Å². The van der Waals surface area contributed by atoms with Gasteiger partial charge in [-0.2, -0.15) is 0 Å². The zero-order chi connectivity index (χ0) is 20.7. The zero-order valence-electron chi connectivity index (χ0n) is 16.0. The van der Waals surface area contributed by atoms with Crippen LogP contribution in [0.2, 0.25) is 5.02 Å². The Kier molecular flexibility index (Phi) is 7.57. The molecule has 0 N–H and O–H groups in total. The highest BCUT2D eigenvalue weighted by Gasteiger charge is 2.48. The van der Waals surface area contributed by atoms with Gasteiger partial charge in [0.2, 0.25) is 6.79 Å². The van der Waals surface area contributed by atoms with E-state index in [2.05, 4.69) is 0 Å². The van der Waals surface area contributed by atoms with Crippen LogP contribution >= 0.6 is 11.6 Å². The van der Waals surface area contributed by atoms with Crippen molar-refractivity contribution in [3.63, 3.8) is 0 Å². The third-order valence-electron chi connectivity index (χ3n) is 4.90. The number of ether oxygens (including phenoxy) is 2. The first-order chi connectivity index (χ1) is 13.3. The molecule has 2 rings (SSSR count). The van der Waals surface area contributed by atoms with Gasteiger partial charge in [-0.25, -0.2) is 4.79 Å². The number of halogens is 1. The fourth-order valence-corrected chi connectivity index (χ4v) is 3.67. The number of benzene rings is 1. The van der Waals surface area contributed by atoms with E-state index >= 15 is 0 Å². The highest BCUT2D eigenvalue weighted by molar-refractivity contribution is 6.31. The van der Waals surface area contributed by atoms with E-state index in [0.29, 0.717) is 23.4 Å². The van der Waals surface area contributed by atoms with E-state index in [9.17, 15) is 19.2 Å². The third kappa shape index (κ3) is 4.90. The van der Waals surface area contributed by atoms with E-state index < -0.39 is 24.4 Å². The number of rotatable bonds is 7. The fraction of sp³-hybridized carbons (Fsp3) is 0.500. The highest BCUT2D eigenvalue weighted by atomic mass is 35.5. The molecule has 1 aromatic rings. The summed E-state index contributed by atoms with van der Waals surface area (Å²) < 4.78 is 9.85. The van der Waals surface area contributed by atoms with Crippen LogP contribution in [0.25, 0.3) is 0 Å². The van der Waals surface area contributed by atoms with Crippen molar-refractivity contribution in [3.8, 4) is 0 Å². The maximum Gasteiger partial charge on any atom is 0.413 e. The monoisotopic (exact) mass is 409 g/mol. The minimum atomic E-state index is -1.22. The van der Waals surface area contributed by atoms with Gasteiger partial charge in [-0.1, -0.05) is 29.8 Å². The van der Waals surface area contributed by atoms with Crippen LogP contribution in [0.15, 0.2) is 24.3 Å². The lowest BCUT2D eigenvalue weighted by Gasteiger charge is -2.43. The van der Waals surface area contributed by atoms with Crippen molar-refractivity contribution in [2.75, 3.05) is 13.8 Å². The number of nitrogens with zero attached hydrogens (tertiary/aromatic N) is 1. The van der Waals surface area contributed by atoms with E-state index in [1.165, 1.54) is 18.9 Å². The van der Waals surface area contributed by atoms with E-state index in [4.69, 9.17) is 21.1 Å². The zero-order valence-corrected chi connectivity index (χ0v) is 16.8. The van der Waals surface area contributed by atoms with Gasteiger partial charge in [-0.05, 0) is 32.3 Å². The van der Waals surface area contributed by atoms with Crippen molar-refractivity contribution in [3.05, 3.63) is 34.9 Å². The topological polar surface area (TPSA) is 90.0 Å². The second-order valence-electron chi connectivity index (χ2n) is 6.78. The van der Waals surface area contributed by atoms with Gasteiger partial charge in [-0.15, -0.1) is 0 Å². The van der Waals surface area contributed by atoms with Crippen LogP contribution < -0.4 is 0 Å². The molecule has 152 valence electrons. The molecule has 0 aliphatic heterocycles. The number of amides is 1. The van der Waals surface area contributed by atoms with E-state index in [-0.39, 0.29) is 24.4 Å². The van der Waals surface area contributed by atoms with E-state index in [0.717, 1.165) is 12.8 Å². The Hall–Kier alpha value is -2.41. The minimum Gasteiger partial charge on any atom is -0.428 e. The van der Waals surface area contributed by atoms with Crippen molar-refractivity contribution in [2.24, 2.45) is 0 Å². The van der Waals surface area contributed by atoms with Crippen LogP contribution in [-0.4, -0.2) is 42.4 Å². The van der Waals surface area contributed by atoms with Crippen molar-refractivity contribution in [2.45, 2.75) is 51.0 Å². The summed E-state index contributed by atoms with van der Waals surface area (Å²) in [5.74, 6) is -0.879. The lowest BCUT2D eigenvalue weighted by Crippen LogP contribution is -2.54. The molecule has 1 saturated carbocycles. The Bertz CT molecular complexity index is 765. The Morgan fingerprint density at radius 1 is 1.14 bits per heavy atom. The first-order valence-electron chi connectivity index (χ1n) is 9.13. The maximum absolute atomic E-state index is 12.9. The van der Waals surface area contributed by atoms with Crippen molar-refractivity contribution >= 4 is 35.2 Å². The highest BCUT2D eigenvalue weighted by Crippen LogP contribution is 2.42. The Morgan fingerprint density at radius 3 is 2.50 bits per heavy atom. The van der Waals surface area contributed by atoms with Gasteiger partial charge in [0.1, 0.15) is 11.3 Å². The van der Waals surface area contributed by atoms with Gasteiger partial charge in [0.25, 0.3) is 0 Å². The molecular weight excluding hydrogens is 386 g/mol. The second kappa shape index (κ2) is 9.68. The molecule has 0 radical (unpaired) electrons. The summed E-state index contributed by atoms with van der Waals surface area (Å²) in [6, 6.07) is 6.93. The molecule has 1 atom stereocenters. The summed E-state index contributed by atoms with van der Waals surface area (Å²) in [6.45, 7) is 0.782. The number of carbonyl (C=O) groups is 4. The fourth-order valence-electron chi connectivity index (χ4n) is 3.38. The summed E-state index contributed by atoms with van der Waals surface area (Å²) in [5, 5.41) is 0.396. The third-order valence-corrected chi connectivity index (χ3v) is 5.23. The average Bonchev–Trinajstić information content (AvgIpc) is 2.67. The first-order valence-corrected chi connectivity index (χ1v) is 9.51. The number of hydrogen-bond acceptors (Lipinski definition) is 6. The Morgan fingerprint density at radius 2 is 1.86 bits per heavy atom. The number of esters is 1. The summed E-state index contributed by atoms with van der Waals surface area (Å²) in [7, 11) is 1.48. The average molecular weight is 410 g/mol. The summed E-state index contributed by atoms with van der Waals surface area (Å²) in [6.07, 6.45) is 1.47. The molecule has 0 heterocycles. The Labute approximate surface area is 168 Å². The lowest BCUT2D eigenvalue weighted by molar-refractivity contribution is -0.154. The molecule has 1 aromatic carbocycles. The molecule has 1 aliphatic carbocycles. The summed E-state index contributed by atoms with van der Waals surface area (Å²) >= 11 is 6.34. The van der Waals surface area contributed by atoms with Gasteiger partial charge >= 0.3 is 12.1 Å². The molecule has 1 amide bonds. The van der Waals surface area contributed by atoms with Crippen molar-refractivity contribution < 1.29 is 28.7 Å². The molecule has 0 unspecified atom stereocenters. The molecule has 0 aromatic heterocycles. The predicted molar refractivity (Wildman–Crippen MR) is 102 cm³/mol. The molecule has 0 spiro atoms. The predicted octanol–water partition coefficient (Wildman–Crippen LogP) is 3.62. The second-order valence-corrected chi connectivity index (χ2v) is 7.18. The molecule has 0 saturated heterocycles. The molecule has 7 nitrogen and oxygen atoms in total. The van der Waals surface area contributed by atoms with E-state index in [1.807, 2.05) is 0 Å². The quantitative estimate of drug-likeness (QED) is 0.504. The number of ketones is 2. The summed E-state index contributed by atoms with van der Waals surface area (Å²) in [4.78, 5) is 49.2. The molecule has 1 aliphatic rings. The smallest absolute Gasteiger partial charge is 0.413 e. The Balaban J connectivity index is 2.11. The normalized spacial score (nSPS) is 19.0. The molecular formula is C20H24ClNO6. The SMILES string of the molecule is CC(=O)CCC(=O)OCOC(=O)N(C)[C@@]1(c2ccccc2Cl)CCCCC1=O. The van der Waals surface area contributed by atoms with Gasteiger partial charge in [-0.3, -0.25) is 14.5 Å². The van der Waals surface area contributed by atoms with Gasteiger partial charge in [0.05, 0.1) is 6.42 Å². The molecule has 8 heteroatoms. The maximum atomic E-state index is 12.9. The van der Waals surface area contributed by atoms with Gasteiger partial charge in [0, 0.05) is 30.5 Å². The molecule has 28 heavy (non-hydrogen) atoms. The van der Waals surface area contributed by atoms with Crippen LogP contribution in [0.4, 0.5) is 4.79 Å². The number of Topliss-reactive ketones (excluding diaryl/α,β-unsaturated/α-hetero) is 2. The van der Waals surface area contributed by atoms with Crippen LogP contribution in [-0.2, 0) is 29.4 Å². The van der Waals surface area contributed by atoms with Gasteiger partial charge < -0.3 is 14.3 Å². The van der Waals surface area contributed by atoms with Crippen LogP contribution in [0, 0.1) is 0 Å². The van der Waals surface area contributed by atoms with Crippen molar-refractivity contribution in [1.29, 1.82) is 0 Å². The molecule has 1 fully saturated rings. The number of carbonyl (C=O) groups excluding carboxylic acids is 4. The van der Waals surface area contributed by atoms with E-state index in [1.54, 1.807) is 24.3 Å². The van der Waals surface area contributed by atoms with Gasteiger partial charge in [0.15, 0.2) is 5.78 Å². The number of hydrogen-bond donors (Lipinski definition) is 0. The number of likely N-dealkylation sites (N-methyl/N-ethyl adjacent to an activating group) is 1. The molecule has 0 bridgehead atoms. The minimum absolute atomic E-state index is 0.0663. The largest absolute Gasteiger partial charge is 0.428 e. The standard InChI is InChI=1S/C20H24ClNO6/c1-14(23)10-11-18(25)27-13-28-19(26)22(2)20(12-6-5-9-17(20)24)15-7-3-4-8-16(15)21/h3-4,7-8H,5-6,9-13H2,1-2H3/t20-/m1/s1.